The van der Waals surface area contributed by atoms with Gasteiger partial charge in [-0.15, -0.1) is 0 Å². The van der Waals surface area contributed by atoms with Crippen molar-refractivity contribution < 1.29 is 9.90 Å². The van der Waals surface area contributed by atoms with Gasteiger partial charge in [-0.05, 0) is 52.7 Å². The van der Waals surface area contributed by atoms with E-state index in [0.29, 0.717) is 12.2 Å². The van der Waals surface area contributed by atoms with Gasteiger partial charge in [-0.1, -0.05) is 22.9 Å². The van der Waals surface area contributed by atoms with Crippen LogP contribution in [0.5, 0.6) is 0 Å². The van der Waals surface area contributed by atoms with Gasteiger partial charge in [0.2, 0.25) is 0 Å². The molecule has 0 radical (unpaired) electrons. The highest BCUT2D eigenvalue weighted by atomic mass is 79.9. The number of halogens is 2. The number of hydrogen-bond donors (Lipinski definition) is 2. The zero-order valence-corrected chi connectivity index (χ0v) is 13.8. The number of aryl methyl sites for hydroxylation is 1. The lowest BCUT2D eigenvalue weighted by Crippen LogP contribution is -2.03. The Bertz CT molecular complexity index is 660. The fourth-order valence-corrected chi connectivity index (χ4v) is 2.83. The Hall–Kier alpha value is -1.40. The van der Waals surface area contributed by atoms with Crippen LogP contribution in [0.4, 0.5) is 11.5 Å². The number of rotatable bonds is 4. The third-order valence-corrected chi connectivity index (χ3v) is 3.83. The molecule has 2 N–H and O–H groups in total. The van der Waals surface area contributed by atoms with Gasteiger partial charge in [0.1, 0.15) is 5.82 Å². The van der Waals surface area contributed by atoms with Crippen molar-refractivity contribution in [2.45, 2.75) is 13.3 Å². The molecule has 0 fully saturated rings. The molecule has 0 saturated carbocycles. The average molecular weight is 400 g/mol. The molecule has 2 rings (SSSR count). The highest BCUT2D eigenvalue weighted by Crippen LogP contribution is 2.28. The molecule has 0 aliphatic heterocycles. The lowest BCUT2D eigenvalue weighted by Gasteiger charge is -2.10. The van der Waals surface area contributed by atoms with Gasteiger partial charge in [-0.3, -0.25) is 0 Å². The first-order valence-corrected chi connectivity index (χ1v) is 7.54. The SMILES string of the molecule is CCc1cc(C(=O)O)cc(Nc2ccc(Br)cc2Br)n1. The zero-order chi connectivity index (χ0) is 14.7. The van der Waals surface area contributed by atoms with E-state index in [1.165, 1.54) is 6.07 Å². The van der Waals surface area contributed by atoms with Gasteiger partial charge in [0.25, 0.3) is 0 Å². The van der Waals surface area contributed by atoms with Gasteiger partial charge < -0.3 is 10.4 Å². The number of carboxylic acids is 1. The highest BCUT2D eigenvalue weighted by molar-refractivity contribution is 9.11. The van der Waals surface area contributed by atoms with E-state index in [-0.39, 0.29) is 5.56 Å². The predicted molar refractivity (Wildman–Crippen MR) is 85.7 cm³/mol. The zero-order valence-electron chi connectivity index (χ0n) is 10.7. The number of aromatic carboxylic acids is 1. The number of nitrogens with one attached hydrogen (secondary N) is 1. The summed E-state index contributed by atoms with van der Waals surface area (Å²) in [4.78, 5) is 15.5. The lowest BCUT2D eigenvalue weighted by atomic mass is 10.2. The number of benzene rings is 1. The van der Waals surface area contributed by atoms with Crippen LogP contribution in [0.2, 0.25) is 0 Å². The van der Waals surface area contributed by atoms with Crippen molar-refractivity contribution in [1.29, 1.82) is 0 Å². The second-order valence-electron chi connectivity index (χ2n) is 4.14. The maximum atomic E-state index is 11.1. The van der Waals surface area contributed by atoms with Crippen LogP contribution in [0.3, 0.4) is 0 Å². The van der Waals surface area contributed by atoms with Crippen molar-refractivity contribution in [3.05, 3.63) is 50.5 Å². The molecule has 2 aromatic rings. The van der Waals surface area contributed by atoms with Gasteiger partial charge in [0.05, 0.1) is 11.3 Å². The number of nitrogens with zero attached hydrogens (tertiary/aromatic N) is 1. The minimum Gasteiger partial charge on any atom is -0.478 e. The summed E-state index contributed by atoms with van der Waals surface area (Å²) in [6, 6.07) is 8.80. The van der Waals surface area contributed by atoms with E-state index in [1.54, 1.807) is 6.07 Å². The molecule has 1 aromatic carbocycles. The molecular formula is C14H12Br2N2O2. The summed E-state index contributed by atoms with van der Waals surface area (Å²) < 4.78 is 1.82. The van der Waals surface area contributed by atoms with E-state index in [2.05, 4.69) is 42.2 Å². The summed E-state index contributed by atoms with van der Waals surface area (Å²) in [6.07, 6.45) is 0.678. The summed E-state index contributed by atoms with van der Waals surface area (Å²) in [5, 5.41) is 12.2. The Morgan fingerprint density at radius 2 is 2.05 bits per heavy atom. The third-order valence-electron chi connectivity index (χ3n) is 2.68. The van der Waals surface area contributed by atoms with Crippen LogP contribution in [0.25, 0.3) is 0 Å². The second kappa shape index (κ2) is 6.37. The molecule has 4 nitrogen and oxygen atoms in total. The van der Waals surface area contributed by atoms with Crippen LogP contribution >= 0.6 is 31.9 Å². The maximum absolute atomic E-state index is 11.1. The van der Waals surface area contributed by atoms with E-state index in [4.69, 9.17) is 5.11 Å². The first-order chi connectivity index (χ1) is 9.49. The largest absolute Gasteiger partial charge is 0.478 e. The van der Waals surface area contributed by atoms with Crippen LogP contribution < -0.4 is 5.32 Å². The van der Waals surface area contributed by atoms with Crippen molar-refractivity contribution in [3.8, 4) is 0 Å². The number of aromatic nitrogens is 1. The molecule has 0 atom stereocenters. The fraction of sp³-hybridized carbons (Fsp3) is 0.143. The van der Waals surface area contributed by atoms with Gasteiger partial charge in [0.15, 0.2) is 0 Å². The van der Waals surface area contributed by atoms with E-state index >= 15 is 0 Å². The molecule has 1 aromatic heterocycles. The third kappa shape index (κ3) is 3.58. The van der Waals surface area contributed by atoms with Gasteiger partial charge >= 0.3 is 5.97 Å². The van der Waals surface area contributed by atoms with Gasteiger partial charge in [-0.25, -0.2) is 9.78 Å². The Kier molecular flexibility index (Phi) is 4.77. The summed E-state index contributed by atoms with van der Waals surface area (Å²) in [7, 11) is 0. The Balaban J connectivity index is 2.37. The van der Waals surface area contributed by atoms with Crippen LogP contribution in [-0.2, 0) is 6.42 Å². The average Bonchev–Trinajstić information content (AvgIpc) is 2.41. The Labute approximate surface area is 133 Å². The van der Waals surface area contributed by atoms with Crippen molar-refractivity contribution in [3.63, 3.8) is 0 Å². The van der Waals surface area contributed by atoms with Crippen LogP contribution in [0, 0.1) is 0 Å². The molecule has 0 saturated heterocycles. The molecule has 104 valence electrons. The molecule has 0 bridgehead atoms. The minimum absolute atomic E-state index is 0.229. The number of hydrogen-bond acceptors (Lipinski definition) is 3. The topological polar surface area (TPSA) is 62.2 Å². The number of carbonyl (C=O) groups is 1. The summed E-state index contributed by atoms with van der Waals surface area (Å²) in [5.74, 6) is -0.440. The summed E-state index contributed by atoms with van der Waals surface area (Å²) in [6.45, 7) is 1.94. The monoisotopic (exact) mass is 398 g/mol. The Morgan fingerprint density at radius 1 is 1.30 bits per heavy atom. The van der Waals surface area contributed by atoms with Crippen molar-refractivity contribution in [2.75, 3.05) is 5.32 Å². The molecule has 0 unspecified atom stereocenters. The quantitative estimate of drug-likeness (QED) is 0.787. The van der Waals surface area contributed by atoms with Gasteiger partial charge in [-0.2, -0.15) is 0 Å². The number of pyridine rings is 1. The highest BCUT2D eigenvalue weighted by Gasteiger charge is 2.09. The minimum atomic E-state index is -0.958. The first kappa shape index (κ1) is 15.0. The van der Waals surface area contributed by atoms with Crippen molar-refractivity contribution in [2.24, 2.45) is 0 Å². The summed E-state index contributed by atoms with van der Waals surface area (Å²) in [5.41, 5.74) is 1.79. The van der Waals surface area contributed by atoms with E-state index in [0.717, 1.165) is 20.3 Å². The molecule has 0 aliphatic rings. The first-order valence-electron chi connectivity index (χ1n) is 5.96. The molecular weight excluding hydrogens is 388 g/mol. The molecule has 0 spiro atoms. The number of carboxylic acid groups (broad SMARTS) is 1. The maximum Gasteiger partial charge on any atom is 0.335 e. The van der Waals surface area contributed by atoms with Crippen LogP contribution in [0.15, 0.2) is 39.3 Å². The smallest absolute Gasteiger partial charge is 0.335 e. The van der Waals surface area contributed by atoms with E-state index < -0.39 is 5.97 Å². The molecule has 1 heterocycles. The van der Waals surface area contributed by atoms with Crippen LogP contribution in [0.1, 0.15) is 23.0 Å². The normalized spacial score (nSPS) is 10.3. The fourth-order valence-electron chi connectivity index (χ4n) is 1.69. The van der Waals surface area contributed by atoms with E-state index in [1.807, 2.05) is 25.1 Å². The molecule has 0 amide bonds. The molecule has 0 aliphatic carbocycles. The molecule has 6 heteroatoms. The van der Waals surface area contributed by atoms with E-state index in [9.17, 15) is 4.79 Å². The predicted octanol–water partition coefficient (Wildman–Crippen LogP) is 4.61. The van der Waals surface area contributed by atoms with Crippen molar-refractivity contribution >= 4 is 49.3 Å². The summed E-state index contributed by atoms with van der Waals surface area (Å²) >= 11 is 6.84. The number of anilines is 2. The lowest BCUT2D eigenvalue weighted by molar-refractivity contribution is 0.0696. The molecule has 20 heavy (non-hydrogen) atoms. The Morgan fingerprint density at radius 3 is 2.65 bits per heavy atom. The van der Waals surface area contributed by atoms with Crippen LogP contribution in [-0.4, -0.2) is 16.1 Å². The second-order valence-corrected chi connectivity index (χ2v) is 5.91. The standard InChI is InChI=1S/C14H12Br2N2O2/c1-2-10-5-8(14(19)20)6-13(17-10)18-12-4-3-9(15)7-11(12)16/h3-7H,2H2,1H3,(H,17,18)(H,19,20). The van der Waals surface area contributed by atoms with Gasteiger partial charge in [0, 0.05) is 14.6 Å². The van der Waals surface area contributed by atoms with Crippen molar-refractivity contribution in [1.82, 2.24) is 4.98 Å².